The molecule has 2 bridgehead atoms. The van der Waals surface area contributed by atoms with Crippen molar-refractivity contribution < 1.29 is 23.0 Å². The Bertz CT molecular complexity index is 889. The third-order valence-corrected chi connectivity index (χ3v) is 4.92. The first kappa shape index (κ1) is 17.7. The molecule has 0 radical (unpaired) electrons. The smallest absolute Gasteiger partial charge is 0.321 e. The van der Waals surface area contributed by atoms with E-state index in [-0.39, 0.29) is 30.9 Å². The van der Waals surface area contributed by atoms with Gasteiger partial charge in [0, 0.05) is 31.7 Å². The van der Waals surface area contributed by atoms with Gasteiger partial charge in [0.25, 0.3) is 0 Å². The Kier molecular flexibility index (Phi) is 4.22. The number of rotatable bonds is 5. The van der Waals surface area contributed by atoms with Gasteiger partial charge < -0.3 is 14.8 Å². The number of fused-ring (bicyclic) bond motifs is 4. The van der Waals surface area contributed by atoms with E-state index < -0.39 is 29.4 Å². The van der Waals surface area contributed by atoms with Crippen LogP contribution >= 0.6 is 0 Å². The van der Waals surface area contributed by atoms with Crippen LogP contribution in [0.2, 0.25) is 0 Å². The third-order valence-electron chi connectivity index (χ3n) is 4.92. The fourth-order valence-corrected chi connectivity index (χ4v) is 3.75. The lowest BCUT2D eigenvalue weighted by Gasteiger charge is -2.51. The number of nitrogens with one attached hydrogen (secondary N) is 1. The normalized spacial score (nSPS) is 23.6. The topological polar surface area (TPSA) is 81.5 Å². The molecule has 2 atom stereocenters. The standard InChI is InChI=1S/C17H19F2N5O3/c1-3-26-5-4-24-16(25)21-13-8-17(24,14-9-20-22-23(14)2)27-15-11(13)6-10(18)7-12(15)19/h6-7,9,13H,3-5,8H2,1-2H3,(H,21,25). The molecule has 1 aromatic carbocycles. The molecular formula is C17H19F2N5O3. The summed E-state index contributed by atoms with van der Waals surface area (Å²) in [7, 11) is 1.67. The lowest BCUT2D eigenvalue weighted by molar-refractivity contribution is -0.118. The Morgan fingerprint density at radius 3 is 2.96 bits per heavy atom. The maximum absolute atomic E-state index is 14.5. The average molecular weight is 379 g/mol. The Balaban J connectivity index is 1.85. The van der Waals surface area contributed by atoms with Gasteiger partial charge in [-0.3, -0.25) is 4.90 Å². The quantitative estimate of drug-likeness (QED) is 0.802. The number of hydrogen-bond donors (Lipinski definition) is 1. The molecule has 1 fully saturated rings. The van der Waals surface area contributed by atoms with Crippen molar-refractivity contribution in [2.75, 3.05) is 19.8 Å². The Morgan fingerprint density at radius 2 is 2.26 bits per heavy atom. The zero-order valence-corrected chi connectivity index (χ0v) is 14.9. The summed E-state index contributed by atoms with van der Waals surface area (Å²) in [6.45, 7) is 2.85. The minimum atomic E-state index is -1.33. The first-order chi connectivity index (χ1) is 13.0. The van der Waals surface area contributed by atoms with Crippen LogP contribution in [0.3, 0.4) is 0 Å². The van der Waals surface area contributed by atoms with Gasteiger partial charge in [-0.05, 0) is 13.0 Å². The average Bonchev–Trinajstić information content (AvgIpc) is 3.05. The van der Waals surface area contributed by atoms with Gasteiger partial charge in [-0.15, -0.1) is 5.10 Å². The highest BCUT2D eigenvalue weighted by Gasteiger charge is 2.55. The SMILES string of the molecule is CCOCCN1C(=O)NC2CC1(c1cnnn1C)Oc1c(F)cc(F)cc12. The second-order valence-corrected chi connectivity index (χ2v) is 6.49. The molecule has 1 aromatic heterocycles. The fourth-order valence-electron chi connectivity index (χ4n) is 3.75. The summed E-state index contributed by atoms with van der Waals surface area (Å²) >= 11 is 0. The molecule has 10 heteroatoms. The molecule has 144 valence electrons. The molecule has 1 saturated heterocycles. The lowest BCUT2D eigenvalue weighted by Crippen LogP contribution is -2.65. The number of aromatic nitrogens is 3. The van der Waals surface area contributed by atoms with Crippen molar-refractivity contribution in [1.29, 1.82) is 0 Å². The molecule has 2 aliphatic rings. The van der Waals surface area contributed by atoms with Gasteiger partial charge in [-0.2, -0.15) is 0 Å². The van der Waals surface area contributed by atoms with Crippen molar-refractivity contribution in [3.63, 3.8) is 0 Å². The van der Waals surface area contributed by atoms with Gasteiger partial charge in [-0.25, -0.2) is 18.3 Å². The summed E-state index contributed by atoms with van der Waals surface area (Å²) in [5.41, 5.74) is -0.558. The molecule has 27 heavy (non-hydrogen) atoms. The van der Waals surface area contributed by atoms with Crippen LogP contribution < -0.4 is 10.1 Å². The minimum absolute atomic E-state index is 0.0877. The summed E-state index contributed by atoms with van der Waals surface area (Å²) < 4.78 is 41.2. The van der Waals surface area contributed by atoms with Gasteiger partial charge >= 0.3 is 6.03 Å². The van der Waals surface area contributed by atoms with Crippen LogP contribution in [-0.4, -0.2) is 45.7 Å². The van der Waals surface area contributed by atoms with E-state index in [2.05, 4.69) is 15.6 Å². The maximum Gasteiger partial charge on any atom is 0.321 e. The lowest BCUT2D eigenvalue weighted by atomic mass is 9.87. The molecule has 2 aromatic rings. The monoisotopic (exact) mass is 379 g/mol. The number of aryl methyl sites for hydroxylation is 1. The van der Waals surface area contributed by atoms with Gasteiger partial charge in [-0.1, -0.05) is 5.21 Å². The summed E-state index contributed by atoms with van der Waals surface area (Å²) in [5.74, 6) is -1.64. The van der Waals surface area contributed by atoms with Crippen molar-refractivity contribution in [3.05, 3.63) is 41.2 Å². The molecule has 0 saturated carbocycles. The number of ether oxygens (including phenoxy) is 2. The molecule has 1 N–H and O–H groups in total. The minimum Gasteiger partial charge on any atom is -0.458 e. The van der Waals surface area contributed by atoms with Crippen molar-refractivity contribution in [2.45, 2.75) is 25.1 Å². The predicted octanol–water partition coefficient (Wildman–Crippen LogP) is 1.83. The number of carbonyl (C=O) groups excluding carboxylic acids is 1. The number of urea groups is 1. The molecule has 0 aliphatic carbocycles. The van der Waals surface area contributed by atoms with Crippen LogP contribution in [0.1, 0.15) is 30.6 Å². The van der Waals surface area contributed by atoms with Crippen LogP contribution in [0, 0.1) is 11.6 Å². The van der Waals surface area contributed by atoms with E-state index in [1.54, 1.807) is 7.05 Å². The molecule has 0 spiro atoms. The van der Waals surface area contributed by atoms with E-state index >= 15 is 0 Å². The largest absolute Gasteiger partial charge is 0.458 e. The van der Waals surface area contributed by atoms with Gasteiger partial charge in [0.1, 0.15) is 11.5 Å². The van der Waals surface area contributed by atoms with E-state index in [9.17, 15) is 13.6 Å². The number of carbonyl (C=O) groups is 1. The van der Waals surface area contributed by atoms with E-state index in [1.165, 1.54) is 21.8 Å². The zero-order chi connectivity index (χ0) is 19.2. The number of benzene rings is 1. The number of amides is 2. The second kappa shape index (κ2) is 6.45. The Hall–Kier alpha value is -2.75. The van der Waals surface area contributed by atoms with Gasteiger partial charge in [0.05, 0.1) is 25.4 Å². The molecule has 8 nitrogen and oxygen atoms in total. The first-order valence-corrected chi connectivity index (χ1v) is 8.65. The highest BCUT2D eigenvalue weighted by molar-refractivity contribution is 5.77. The van der Waals surface area contributed by atoms with Crippen molar-refractivity contribution in [2.24, 2.45) is 7.05 Å². The number of nitrogens with zero attached hydrogens (tertiary/aromatic N) is 4. The Labute approximate surface area is 154 Å². The van der Waals surface area contributed by atoms with Gasteiger partial charge in [0.2, 0.25) is 5.72 Å². The maximum atomic E-state index is 14.5. The molecule has 4 rings (SSSR count). The molecule has 2 aliphatic heterocycles. The molecule has 2 unspecified atom stereocenters. The van der Waals surface area contributed by atoms with Crippen LogP contribution in [0.25, 0.3) is 0 Å². The zero-order valence-electron chi connectivity index (χ0n) is 14.9. The van der Waals surface area contributed by atoms with E-state index in [0.29, 0.717) is 12.3 Å². The van der Waals surface area contributed by atoms with Crippen LogP contribution in [0.5, 0.6) is 5.75 Å². The first-order valence-electron chi connectivity index (χ1n) is 8.65. The van der Waals surface area contributed by atoms with E-state index in [4.69, 9.17) is 9.47 Å². The van der Waals surface area contributed by atoms with Crippen LogP contribution in [0.15, 0.2) is 18.3 Å². The van der Waals surface area contributed by atoms with E-state index in [0.717, 1.165) is 6.07 Å². The number of halogens is 2. The van der Waals surface area contributed by atoms with E-state index in [1.807, 2.05) is 6.92 Å². The Morgan fingerprint density at radius 1 is 1.44 bits per heavy atom. The van der Waals surface area contributed by atoms with Crippen molar-refractivity contribution >= 4 is 6.03 Å². The molecule has 2 amide bonds. The van der Waals surface area contributed by atoms with Crippen molar-refractivity contribution in [1.82, 2.24) is 25.2 Å². The summed E-state index contributed by atoms with van der Waals surface area (Å²) in [6, 6.07) is 0.929. The predicted molar refractivity (Wildman–Crippen MR) is 88.8 cm³/mol. The molecular weight excluding hydrogens is 360 g/mol. The van der Waals surface area contributed by atoms with Crippen LogP contribution in [-0.2, 0) is 17.5 Å². The summed E-state index contributed by atoms with van der Waals surface area (Å²) in [6.07, 6.45) is 1.73. The second-order valence-electron chi connectivity index (χ2n) is 6.49. The number of hydrogen-bond acceptors (Lipinski definition) is 5. The third kappa shape index (κ3) is 2.71. The van der Waals surface area contributed by atoms with Gasteiger partial charge in [0.15, 0.2) is 11.6 Å². The summed E-state index contributed by atoms with van der Waals surface area (Å²) in [4.78, 5) is 14.3. The molecule has 3 heterocycles. The fraction of sp³-hybridized carbons (Fsp3) is 0.471. The van der Waals surface area contributed by atoms with Crippen molar-refractivity contribution in [3.8, 4) is 5.75 Å². The highest BCUT2D eigenvalue weighted by atomic mass is 19.1. The van der Waals surface area contributed by atoms with Crippen LogP contribution in [0.4, 0.5) is 13.6 Å². The summed E-state index contributed by atoms with van der Waals surface area (Å²) in [5, 5.41) is 10.6. The highest BCUT2D eigenvalue weighted by Crippen LogP contribution is 2.49.